The molecule has 3 rings (SSSR count). The molecule has 38 heavy (non-hydrogen) atoms. The summed E-state index contributed by atoms with van der Waals surface area (Å²) in [6.45, 7) is 0. The van der Waals surface area contributed by atoms with Gasteiger partial charge < -0.3 is 25.6 Å². The highest BCUT2D eigenvalue weighted by Crippen LogP contribution is 2.21. The van der Waals surface area contributed by atoms with Crippen LogP contribution < -0.4 is 10.6 Å². The van der Waals surface area contributed by atoms with Crippen molar-refractivity contribution in [1.29, 1.82) is 0 Å². The van der Waals surface area contributed by atoms with Gasteiger partial charge in [0.2, 0.25) is 17.6 Å². The number of methoxy groups -OCH3 is 1. The smallest absolute Gasteiger partial charge is 0.328 e. The molecule has 0 spiro atoms. The number of esters is 1. The number of nitrogens with zero attached hydrogens (tertiary/aromatic N) is 1. The molecule has 0 bridgehead atoms. The topological polar surface area (TPSA) is 168 Å². The zero-order chi connectivity index (χ0) is 27.8. The number of benzene rings is 3. The van der Waals surface area contributed by atoms with Crippen molar-refractivity contribution in [3.8, 4) is 11.5 Å². The quantitative estimate of drug-likeness (QED) is 0.178. The van der Waals surface area contributed by atoms with Crippen molar-refractivity contribution in [2.45, 2.75) is 24.9 Å². The molecule has 0 aromatic heterocycles. The summed E-state index contributed by atoms with van der Waals surface area (Å²) in [6, 6.07) is 11.9. The molecular weight excluding hydrogens is 501 g/mol. The predicted octanol–water partition coefficient (Wildman–Crippen LogP) is 2.45. The molecule has 11 nitrogen and oxygen atoms in total. The molecular formula is C26H24FN3O8. The molecule has 2 amide bonds. The Balaban J connectivity index is 1.85. The zero-order valence-electron chi connectivity index (χ0n) is 20.1. The number of aromatic hydroxyl groups is 2. The largest absolute Gasteiger partial charge is 0.508 e. The first-order chi connectivity index (χ1) is 18.1. The number of phenols is 2. The fraction of sp³-hybridized carbons (Fsp3) is 0.192. The van der Waals surface area contributed by atoms with Crippen molar-refractivity contribution in [3.05, 3.63) is 99.4 Å². The molecule has 0 heterocycles. The van der Waals surface area contributed by atoms with E-state index in [0.29, 0.717) is 5.56 Å². The minimum atomic E-state index is -1.33. The second-order valence-electron chi connectivity index (χ2n) is 8.27. The van der Waals surface area contributed by atoms with Crippen LogP contribution >= 0.6 is 0 Å². The molecule has 0 fully saturated rings. The monoisotopic (exact) mass is 525 g/mol. The van der Waals surface area contributed by atoms with E-state index in [1.807, 2.05) is 0 Å². The maximum atomic E-state index is 13.7. The van der Waals surface area contributed by atoms with Crippen LogP contribution in [-0.2, 0) is 32.0 Å². The van der Waals surface area contributed by atoms with E-state index in [-0.39, 0.29) is 35.5 Å². The van der Waals surface area contributed by atoms with Crippen molar-refractivity contribution < 1.29 is 38.6 Å². The van der Waals surface area contributed by atoms with E-state index in [0.717, 1.165) is 19.2 Å². The fourth-order valence-corrected chi connectivity index (χ4v) is 3.68. The highest BCUT2D eigenvalue weighted by atomic mass is 19.1. The number of halogens is 1. The standard InChI is InChI=1S/C26H24FN3O8/c1-38-26(35)21(12-16-5-10-20(27)22(13-16)30(36)37)28-25(34)24(17-6-8-18(31)9-7-17)29-23(33)14-15-3-2-4-19(32)11-15/h2-11,13,21,24,31-32H,12,14H2,1H3,(H,28,34)(H,29,33)/t21-,24+/m0/s1. The second kappa shape index (κ2) is 12.3. The number of hydrogen-bond acceptors (Lipinski definition) is 8. The highest BCUT2D eigenvalue weighted by molar-refractivity contribution is 5.92. The SMILES string of the molecule is COC(=O)[C@H](Cc1ccc(F)c([N+](=O)[O-])c1)NC(=O)[C@H](NC(=O)Cc1cccc(O)c1)c1ccc(O)cc1. The first-order valence-corrected chi connectivity index (χ1v) is 11.2. The molecule has 4 N–H and O–H groups in total. The van der Waals surface area contributed by atoms with Gasteiger partial charge in [0.15, 0.2) is 0 Å². The maximum absolute atomic E-state index is 13.7. The average Bonchev–Trinajstić information content (AvgIpc) is 2.87. The summed E-state index contributed by atoms with van der Waals surface area (Å²) in [4.78, 5) is 48.7. The molecule has 0 aliphatic heterocycles. The number of nitro groups is 1. The lowest BCUT2D eigenvalue weighted by Crippen LogP contribution is -2.48. The molecule has 0 radical (unpaired) electrons. The van der Waals surface area contributed by atoms with Crippen LogP contribution in [0.15, 0.2) is 66.7 Å². The number of amides is 2. The lowest BCUT2D eigenvalue weighted by atomic mass is 10.0. The van der Waals surface area contributed by atoms with E-state index >= 15 is 0 Å². The number of carbonyl (C=O) groups is 3. The van der Waals surface area contributed by atoms with E-state index < -0.39 is 46.3 Å². The molecule has 0 aliphatic rings. The number of carbonyl (C=O) groups excluding carboxylic acids is 3. The third-order valence-corrected chi connectivity index (χ3v) is 5.52. The van der Waals surface area contributed by atoms with Gasteiger partial charge in [-0.15, -0.1) is 0 Å². The van der Waals surface area contributed by atoms with Crippen LogP contribution in [-0.4, -0.2) is 46.1 Å². The van der Waals surface area contributed by atoms with Crippen LogP contribution in [0.2, 0.25) is 0 Å². The van der Waals surface area contributed by atoms with Gasteiger partial charge in [0, 0.05) is 12.5 Å². The summed E-state index contributed by atoms with van der Waals surface area (Å²) in [5.41, 5.74) is 0.157. The van der Waals surface area contributed by atoms with Gasteiger partial charge in [0.05, 0.1) is 18.5 Å². The zero-order valence-corrected chi connectivity index (χ0v) is 20.1. The first-order valence-electron chi connectivity index (χ1n) is 11.2. The lowest BCUT2D eigenvalue weighted by molar-refractivity contribution is -0.387. The van der Waals surface area contributed by atoms with Gasteiger partial charge in [-0.2, -0.15) is 4.39 Å². The van der Waals surface area contributed by atoms with Crippen LogP contribution in [0.5, 0.6) is 11.5 Å². The van der Waals surface area contributed by atoms with E-state index in [9.17, 15) is 39.1 Å². The third-order valence-electron chi connectivity index (χ3n) is 5.52. The number of nitrogens with one attached hydrogen (secondary N) is 2. The minimum Gasteiger partial charge on any atom is -0.508 e. The Hall–Kier alpha value is -5.00. The summed E-state index contributed by atoms with van der Waals surface area (Å²) in [7, 11) is 1.09. The summed E-state index contributed by atoms with van der Waals surface area (Å²) < 4.78 is 18.5. The third kappa shape index (κ3) is 7.26. The predicted molar refractivity (Wildman–Crippen MR) is 132 cm³/mol. The second-order valence-corrected chi connectivity index (χ2v) is 8.27. The van der Waals surface area contributed by atoms with Gasteiger partial charge in [0.25, 0.3) is 0 Å². The first kappa shape index (κ1) is 27.6. The minimum absolute atomic E-state index is 0.0370. The van der Waals surface area contributed by atoms with E-state index in [1.165, 1.54) is 42.5 Å². The van der Waals surface area contributed by atoms with Gasteiger partial charge in [-0.3, -0.25) is 19.7 Å². The molecule has 0 saturated carbocycles. The number of ether oxygens (including phenoxy) is 1. The maximum Gasteiger partial charge on any atom is 0.328 e. The summed E-state index contributed by atoms with van der Waals surface area (Å²) in [5.74, 6) is -3.44. The summed E-state index contributed by atoms with van der Waals surface area (Å²) >= 11 is 0. The van der Waals surface area contributed by atoms with Gasteiger partial charge >= 0.3 is 11.7 Å². The van der Waals surface area contributed by atoms with E-state index in [1.54, 1.807) is 12.1 Å². The molecule has 0 aliphatic carbocycles. The number of nitro benzene ring substituents is 1. The molecule has 3 aromatic carbocycles. The highest BCUT2D eigenvalue weighted by Gasteiger charge is 2.29. The van der Waals surface area contributed by atoms with Gasteiger partial charge in [0.1, 0.15) is 23.6 Å². The normalized spacial score (nSPS) is 12.2. The van der Waals surface area contributed by atoms with Crippen LogP contribution in [0, 0.1) is 15.9 Å². The molecule has 12 heteroatoms. The van der Waals surface area contributed by atoms with Crippen LogP contribution in [0.25, 0.3) is 0 Å². The summed E-state index contributed by atoms with van der Waals surface area (Å²) in [5, 5.41) is 35.4. The average molecular weight is 525 g/mol. The number of hydrogen-bond donors (Lipinski definition) is 4. The molecule has 3 aromatic rings. The number of rotatable bonds is 10. The van der Waals surface area contributed by atoms with Gasteiger partial charge in [-0.25, -0.2) is 4.79 Å². The van der Waals surface area contributed by atoms with Crippen molar-refractivity contribution >= 4 is 23.5 Å². The van der Waals surface area contributed by atoms with Crippen molar-refractivity contribution in [2.75, 3.05) is 7.11 Å². The van der Waals surface area contributed by atoms with Crippen LogP contribution in [0.1, 0.15) is 22.7 Å². The molecule has 0 unspecified atom stereocenters. The Morgan fingerprint density at radius 3 is 2.32 bits per heavy atom. The Labute approximate surface area is 216 Å². The fourth-order valence-electron chi connectivity index (χ4n) is 3.68. The van der Waals surface area contributed by atoms with Crippen LogP contribution in [0.4, 0.5) is 10.1 Å². The van der Waals surface area contributed by atoms with E-state index in [2.05, 4.69) is 10.6 Å². The van der Waals surface area contributed by atoms with Crippen molar-refractivity contribution in [3.63, 3.8) is 0 Å². The molecule has 0 saturated heterocycles. The lowest BCUT2D eigenvalue weighted by Gasteiger charge is -2.23. The Kier molecular flexibility index (Phi) is 8.93. The number of phenolic OH excluding ortho intramolecular Hbond substituents is 2. The molecule has 2 atom stereocenters. The molecule has 198 valence electrons. The Bertz CT molecular complexity index is 1350. The van der Waals surface area contributed by atoms with Crippen molar-refractivity contribution in [1.82, 2.24) is 10.6 Å². The van der Waals surface area contributed by atoms with Crippen LogP contribution in [0.3, 0.4) is 0 Å². The summed E-state index contributed by atoms with van der Waals surface area (Å²) in [6.07, 6.45) is -0.436. The van der Waals surface area contributed by atoms with E-state index in [4.69, 9.17) is 4.74 Å². The Morgan fingerprint density at radius 2 is 1.68 bits per heavy atom. The Morgan fingerprint density at radius 1 is 0.974 bits per heavy atom. The van der Waals surface area contributed by atoms with Gasteiger partial charge in [-0.1, -0.05) is 30.3 Å². The van der Waals surface area contributed by atoms with Crippen molar-refractivity contribution in [2.24, 2.45) is 0 Å². The van der Waals surface area contributed by atoms with Gasteiger partial charge in [-0.05, 0) is 47.0 Å².